The van der Waals surface area contributed by atoms with Crippen LogP contribution in [0.2, 0.25) is 0 Å². The van der Waals surface area contributed by atoms with Crippen molar-refractivity contribution in [3.63, 3.8) is 0 Å². The second-order valence-electron chi connectivity index (χ2n) is 6.64. The van der Waals surface area contributed by atoms with Gasteiger partial charge in [0.2, 0.25) is 0 Å². The van der Waals surface area contributed by atoms with Crippen molar-refractivity contribution in [2.24, 2.45) is 17.3 Å². The van der Waals surface area contributed by atoms with Crippen LogP contribution in [0.25, 0.3) is 0 Å². The summed E-state index contributed by atoms with van der Waals surface area (Å²) in [6, 6.07) is 0. The van der Waals surface area contributed by atoms with Crippen molar-refractivity contribution in [1.29, 1.82) is 0 Å². The minimum absolute atomic E-state index is 0.0732. The highest BCUT2D eigenvalue weighted by Crippen LogP contribution is 2.31. The van der Waals surface area contributed by atoms with E-state index in [2.05, 4.69) is 0 Å². The number of carbonyl (C=O) groups is 2. The van der Waals surface area contributed by atoms with Gasteiger partial charge in [-0.3, -0.25) is 9.59 Å². The van der Waals surface area contributed by atoms with E-state index in [0.29, 0.717) is 25.9 Å². The summed E-state index contributed by atoms with van der Waals surface area (Å²) >= 11 is 0. The molecule has 0 aromatic heterocycles. The quantitative estimate of drug-likeness (QED) is 0.762. The molecule has 1 saturated carbocycles. The largest absolute Gasteiger partial charge is 0.466 e. The van der Waals surface area contributed by atoms with E-state index in [1.807, 2.05) is 20.8 Å². The third-order valence-corrected chi connectivity index (χ3v) is 4.44. The molecule has 1 aliphatic rings. The number of rotatable bonds is 6. The first-order valence-electron chi connectivity index (χ1n) is 7.75. The van der Waals surface area contributed by atoms with Crippen LogP contribution in [0.1, 0.15) is 53.4 Å². The van der Waals surface area contributed by atoms with E-state index in [1.54, 1.807) is 0 Å². The van der Waals surface area contributed by atoms with Crippen molar-refractivity contribution in [3.05, 3.63) is 0 Å². The molecule has 1 N–H and O–H groups in total. The lowest BCUT2D eigenvalue weighted by molar-refractivity contribution is -0.157. The molecule has 0 amide bonds. The smallest absolute Gasteiger partial charge is 0.311 e. The monoisotopic (exact) mass is 300 g/mol. The Morgan fingerprint density at radius 3 is 2.43 bits per heavy atom. The first kappa shape index (κ1) is 18.0. The number of aliphatic hydroxyl groups is 1. The van der Waals surface area contributed by atoms with E-state index in [9.17, 15) is 14.7 Å². The minimum atomic E-state index is -0.489. The first-order valence-corrected chi connectivity index (χ1v) is 7.75. The molecular formula is C16H28O5. The summed E-state index contributed by atoms with van der Waals surface area (Å²) in [6.45, 7) is 7.68. The highest BCUT2D eigenvalue weighted by molar-refractivity contribution is 5.75. The molecule has 0 aromatic rings. The Balaban J connectivity index is 2.45. The van der Waals surface area contributed by atoms with Crippen molar-refractivity contribution in [1.82, 2.24) is 0 Å². The Morgan fingerprint density at radius 2 is 1.86 bits per heavy atom. The summed E-state index contributed by atoms with van der Waals surface area (Å²) < 4.78 is 10.4. The van der Waals surface area contributed by atoms with Gasteiger partial charge in [-0.25, -0.2) is 0 Å². The Morgan fingerprint density at radius 1 is 1.19 bits per heavy atom. The van der Waals surface area contributed by atoms with Gasteiger partial charge in [-0.1, -0.05) is 6.92 Å². The zero-order valence-electron chi connectivity index (χ0n) is 13.6. The Bertz CT molecular complexity index is 364. The predicted molar refractivity (Wildman–Crippen MR) is 78.5 cm³/mol. The molecule has 5 heteroatoms. The van der Waals surface area contributed by atoms with Crippen molar-refractivity contribution in [3.8, 4) is 0 Å². The molecule has 3 unspecified atom stereocenters. The fourth-order valence-electron chi connectivity index (χ4n) is 2.43. The van der Waals surface area contributed by atoms with Crippen LogP contribution in [0, 0.1) is 17.3 Å². The molecular weight excluding hydrogens is 272 g/mol. The van der Waals surface area contributed by atoms with Crippen molar-refractivity contribution in [2.75, 3.05) is 13.2 Å². The zero-order chi connectivity index (χ0) is 16.0. The van der Waals surface area contributed by atoms with Crippen molar-refractivity contribution < 1.29 is 24.2 Å². The second-order valence-corrected chi connectivity index (χ2v) is 6.64. The molecule has 3 atom stereocenters. The number of ether oxygens (including phenoxy) is 2. The molecule has 0 bridgehead atoms. The van der Waals surface area contributed by atoms with Gasteiger partial charge in [-0.2, -0.15) is 0 Å². The van der Waals surface area contributed by atoms with E-state index in [4.69, 9.17) is 9.47 Å². The lowest BCUT2D eigenvalue weighted by atomic mass is 9.80. The van der Waals surface area contributed by atoms with E-state index >= 15 is 0 Å². The van der Waals surface area contributed by atoms with Crippen LogP contribution >= 0.6 is 0 Å². The third kappa shape index (κ3) is 5.65. The van der Waals surface area contributed by atoms with Gasteiger partial charge in [0, 0.05) is 12.8 Å². The summed E-state index contributed by atoms with van der Waals surface area (Å²) in [6.07, 6.45) is 2.48. The molecule has 1 fully saturated rings. The van der Waals surface area contributed by atoms with E-state index in [0.717, 1.165) is 6.42 Å². The lowest BCUT2D eigenvalue weighted by Crippen LogP contribution is -2.36. The minimum Gasteiger partial charge on any atom is -0.466 e. The summed E-state index contributed by atoms with van der Waals surface area (Å²) in [5, 5.41) is 10.0. The zero-order valence-corrected chi connectivity index (χ0v) is 13.6. The van der Waals surface area contributed by atoms with E-state index < -0.39 is 11.5 Å². The fraction of sp³-hybridized carbons (Fsp3) is 0.875. The molecule has 122 valence electrons. The Labute approximate surface area is 127 Å². The summed E-state index contributed by atoms with van der Waals surface area (Å²) in [7, 11) is 0. The second kappa shape index (κ2) is 7.78. The van der Waals surface area contributed by atoms with Gasteiger partial charge < -0.3 is 14.6 Å². The van der Waals surface area contributed by atoms with Gasteiger partial charge in [-0.05, 0) is 45.4 Å². The van der Waals surface area contributed by atoms with Gasteiger partial charge in [0.05, 0.1) is 24.7 Å². The summed E-state index contributed by atoms with van der Waals surface area (Å²) in [4.78, 5) is 22.8. The average molecular weight is 300 g/mol. The summed E-state index contributed by atoms with van der Waals surface area (Å²) in [5.41, 5.74) is -0.489. The molecule has 21 heavy (non-hydrogen) atoms. The number of esters is 2. The van der Waals surface area contributed by atoms with Crippen LogP contribution < -0.4 is 0 Å². The Hall–Kier alpha value is -1.10. The molecule has 0 aliphatic heterocycles. The average Bonchev–Trinajstić information content (AvgIpc) is 2.44. The standard InChI is InChI=1S/C16H28O5/c1-5-16(3,4)15(19)21-10-13-8-12(6-7-14(13)18)9-20-11(2)17/h12-14,18H,5-10H2,1-4H3. The number of carbonyl (C=O) groups excluding carboxylic acids is 2. The van der Waals surface area contributed by atoms with E-state index in [1.165, 1.54) is 6.92 Å². The maximum atomic E-state index is 12.0. The Kier molecular flexibility index (Phi) is 6.65. The van der Waals surface area contributed by atoms with Gasteiger partial charge in [0.25, 0.3) is 0 Å². The van der Waals surface area contributed by atoms with Gasteiger partial charge in [0.1, 0.15) is 0 Å². The normalized spacial score (nSPS) is 26.2. The van der Waals surface area contributed by atoms with Crippen LogP contribution in [-0.4, -0.2) is 36.4 Å². The molecule has 0 aromatic carbocycles. The summed E-state index contributed by atoms with van der Waals surface area (Å²) in [5.74, 6) is -0.343. The third-order valence-electron chi connectivity index (χ3n) is 4.44. The van der Waals surface area contributed by atoms with Gasteiger partial charge in [-0.15, -0.1) is 0 Å². The number of aliphatic hydroxyl groups excluding tert-OH is 1. The maximum absolute atomic E-state index is 12.0. The highest BCUT2D eigenvalue weighted by Gasteiger charge is 2.33. The van der Waals surface area contributed by atoms with Crippen LogP contribution in [-0.2, 0) is 19.1 Å². The number of hydrogen-bond donors (Lipinski definition) is 1. The predicted octanol–water partition coefficient (Wildman–Crippen LogP) is 2.31. The SMILES string of the molecule is CCC(C)(C)C(=O)OCC1CC(COC(C)=O)CCC1O. The van der Waals surface area contributed by atoms with Crippen LogP contribution in [0.5, 0.6) is 0 Å². The first-order chi connectivity index (χ1) is 9.76. The maximum Gasteiger partial charge on any atom is 0.311 e. The topological polar surface area (TPSA) is 72.8 Å². The molecule has 5 nitrogen and oxygen atoms in total. The highest BCUT2D eigenvalue weighted by atomic mass is 16.5. The van der Waals surface area contributed by atoms with Crippen molar-refractivity contribution >= 4 is 11.9 Å². The number of hydrogen-bond acceptors (Lipinski definition) is 5. The molecule has 0 radical (unpaired) electrons. The van der Waals surface area contributed by atoms with Gasteiger partial charge in [0.15, 0.2) is 0 Å². The molecule has 0 saturated heterocycles. The van der Waals surface area contributed by atoms with Gasteiger partial charge >= 0.3 is 11.9 Å². The fourth-order valence-corrected chi connectivity index (χ4v) is 2.43. The molecule has 0 spiro atoms. The van der Waals surface area contributed by atoms with Crippen LogP contribution in [0.4, 0.5) is 0 Å². The van der Waals surface area contributed by atoms with E-state index in [-0.39, 0.29) is 30.4 Å². The lowest BCUT2D eigenvalue weighted by Gasteiger charge is -2.33. The van der Waals surface area contributed by atoms with Crippen LogP contribution in [0.15, 0.2) is 0 Å². The van der Waals surface area contributed by atoms with Crippen molar-refractivity contribution in [2.45, 2.75) is 59.5 Å². The van der Waals surface area contributed by atoms with Crippen LogP contribution in [0.3, 0.4) is 0 Å². The molecule has 1 rings (SSSR count). The molecule has 1 aliphatic carbocycles. The molecule has 0 heterocycles.